The number of aliphatic hydroxyl groups is 1. The maximum absolute atomic E-state index is 13.8. The van der Waals surface area contributed by atoms with E-state index in [-0.39, 0.29) is 23.7 Å². The number of benzene rings is 1. The molecule has 1 aromatic carbocycles. The molecule has 0 saturated carbocycles. The molecule has 3 rings (SSSR count). The van der Waals surface area contributed by atoms with Gasteiger partial charge in [0.25, 0.3) is 0 Å². The Morgan fingerprint density at radius 1 is 1.20 bits per heavy atom. The molecule has 0 radical (unpaired) electrons. The molecule has 30 heavy (non-hydrogen) atoms. The molecular weight excluding hydrogens is 412 g/mol. The van der Waals surface area contributed by atoms with Crippen molar-refractivity contribution in [2.75, 3.05) is 25.3 Å². The molecule has 0 aliphatic carbocycles. The molecule has 0 saturated heterocycles. The first-order valence-electron chi connectivity index (χ1n) is 9.53. The molecule has 0 aliphatic rings. The van der Waals surface area contributed by atoms with Crippen molar-refractivity contribution in [1.82, 2.24) is 15.0 Å². The standard InChI is InChI=1S/C21H26F3N4OP/c1-20(2,3)16(11-29)27-19-26-10-14(21(22,23)24)17(28-19)13-9-25-18-12(13)7-6-8-15(18)30(4)5/h6-10,16,25,29H,11H2,1-5H3,(H,26,27,28). The van der Waals surface area contributed by atoms with Crippen LogP contribution in [-0.2, 0) is 6.18 Å². The normalized spacial score (nSPS) is 13.8. The predicted octanol–water partition coefficient (Wildman–Crippen LogP) is 4.83. The second-order valence-corrected chi connectivity index (χ2v) is 10.8. The number of alkyl halides is 3. The zero-order chi connectivity index (χ0) is 22.3. The number of aromatic nitrogens is 3. The van der Waals surface area contributed by atoms with Crippen LogP contribution in [0, 0.1) is 5.41 Å². The number of anilines is 1. The van der Waals surface area contributed by atoms with Crippen LogP contribution in [0.1, 0.15) is 26.3 Å². The summed E-state index contributed by atoms with van der Waals surface area (Å²) < 4.78 is 41.3. The number of rotatable bonds is 5. The number of H-pyrrole nitrogens is 1. The highest BCUT2D eigenvalue weighted by Crippen LogP contribution is 2.39. The van der Waals surface area contributed by atoms with Crippen LogP contribution in [0.4, 0.5) is 19.1 Å². The largest absolute Gasteiger partial charge is 0.419 e. The summed E-state index contributed by atoms with van der Waals surface area (Å²) >= 11 is 0. The van der Waals surface area contributed by atoms with Gasteiger partial charge in [0.1, 0.15) is 5.56 Å². The van der Waals surface area contributed by atoms with Crippen LogP contribution in [0.2, 0.25) is 0 Å². The number of hydrogen-bond donors (Lipinski definition) is 3. The summed E-state index contributed by atoms with van der Waals surface area (Å²) in [7, 11) is -0.441. The van der Waals surface area contributed by atoms with E-state index >= 15 is 0 Å². The Balaban J connectivity index is 2.18. The third-order valence-corrected chi connectivity index (χ3v) is 6.39. The molecule has 0 bridgehead atoms. The lowest BCUT2D eigenvalue weighted by Gasteiger charge is -2.30. The van der Waals surface area contributed by atoms with Crippen LogP contribution in [0.5, 0.6) is 0 Å². The fourth-order valence-electron chi connectivity index (χ4n) is 3.26. The van der Waals surface area contributed by atoms with Crippen molar-refractivity contribution >= 4 is 30.1 Å². The molecular formula is C21H26F3N4OP. The van der Waals surface area contributed by atoms with Crippen molar-refractivity contribution < 1.29 is 18.3 Å². The third-order valence-electron chi connectivity index (χ3n) is 5.06. The monoisotopic (exact) mass is 438 g/mol. The predicted molar refractivity (Wildman–Crippen MR) is 117 cm³/mol. The summed E-state index contributed by atoms with van der Waals surface area (Å²) in [5.41, 5.74) is -0.224. The van der Waals surface area contributed by atoms with Gasteiger partial charge >= 0.3 is 6.18 Å². The quantitative estimate of drug-likeness (QED) is 0.499. The third kappa shape index (κ3) is 4.44. The van der Waals surface area contributed by atoms with Gasteiger partial charge in [-0.05, 0) is 24.0 Å². The minimum absolute atomic E-state index is 0.0470. The summed E-state index contributed by atoms with van der Waals surface area (Å²) in [4.78, 5) is 11.3. The lowest BCUT2D eigenvalue weighted by molar-refractivity contribution is -0.137. The van der Waals surface area contributed by atoms with E-state index in [1.807, 2.05) is 32.9 Å². The Kier molecular flexibility index (Phi) is 6.12. The Morgan fingerprint density at radius 3 is 2.47 bits per heavy atom. The minimum Gasteiger partial charge on any atom is -0.394 e. The van der Waals surface area contributed by atoms with E-state index < -0.39 is 25.7 Å². The van der Waals surface area contributed by atoms with Gasteiger partial charge < -0.3 is 15.4 Å². The summed E-state index contributed by atoms with van der Waals surface area (Å²) in [5.74, 6) is 0.0470. The molecule has 0 fully saturated rings. The average molecular weight is 438 g/mol. The van der Waals surface area contributed by atoms with Crippen molar-refractivity contribution in [2.45, 2.75) is 33.0 Å². The second kappa shape index (κ2) is 8.16. The van der Waals surface area contributed by atoms with Gasteiger partial charge in [-0.3, -0.25) is 0 Å². The van der Waals surface area contributed by atoms with E-state index in [4.69, 9.17) is 0 Å². The number of hydrogen-bond acceptors (Lipinski definition) is 4. The molecule has 1 unspecified atom stereocenters. The Morgan fingerprint density at radius 2 is 1.90 bits per heavy atom. The van der Waals surface area contributed by atoms with Gasteiger partial charge in [0, 0.05) is 23.3 Å². The van der Waals surface area contributed by atoms with E-state index in [0.717, 1.165) is 17.0 Å². The van der Waals surface area contributed by atoms with Crippen LogP contribution in [-0.4, -0.2) is 46.0 Å². The zero-order valence-corrected chi connectivity index (χ0v) is 18.5. The van der Waals surface area contributed by atoms with Gasteiger partial charge in [-0.2, -0.15) is 13.2 Å². The molecule has 2 aromatic heterocycles. The summed E-state index contributed by atoms with van der Waals surface area (Å²) in [5, 5.41) is 14.4. The second-order valence-electron chi connectivity index (χ2n) is 8.50. The van der Waals surface area contributed by atoms with Crippen LogP contribution in [0.15, 0.2) is 30.6 Å². The Hall–Kier alpha value is -2.18. The lowest BCUT2D eigenvalue weighted by Crippen LogP contribution is -2.37. The Labute approximate surface area is 174 Å². The van der Waals surface area contributed by atoms with Crippen molar-refractivity contribution in [3.8, 4) is 11.3 Å². The fourth-order valence-corrected chi connectivity index (χ4v) is 4.28. The zero-order valence-electron chi connectivity index (χ0n) is 17.6. The molecule has 5 nitrogen and oxygen atoms in total. The molecule has 1 atom stereocenters. The lowest BCUT2D eigenvalue weighted by atomic mass is 9.87. The molecule has 2 heterocycles. The van der Waals surface area contributed by atoms with E-state index in [9.17, 15) is 18.3 Å². The van der Waals surface area contributed by atoms with Crippen molar-refractivity contribution in [1.29, 1.82) is 0 Å². The molecule has 3 N–H and O–H groups in total. The van der Waals surface area contributed by atoms with Crippen molar-refractivity contribution in [3.63, 3.8) is 0 Å². The first-order valence-corrected chi connectivity index (χ1v) is 11.8. The molecule has 0 spiro atoms. The maximum Gasteiger partial charge on any atom is 0.419 e. The number of aromatic amines is 1. The van der Waals surface area contributed by atoms with Gasteiger partial charge in [-0.25, -0.2) is 9.97 Å². The smallest absolute Gasteiger partial charge is 0.394 e. The molecule has 9 heteroatoms. The number of para-hydroxylation sites is 1. The first kappa shape index (κ1) is 22.5. The highest BCUT2D eigenvalue weighted by atomic mass is 31.1. The molecule has 3 aromatic rings. The first-order chi connectivity index (χ1) is 13.9. The van der Waals surface area contributed by atoms with Crippen LogP contribution in [0.25, 0.3) is 22.2 Å². The Bertz CT molecular complexity index is 1040. The van der Waals surface area contributed by atoms with Crippen molar-refractivity contribution in [3.05, 3.63) is 36.2 Å². The topological polar surface area (TPSA) is 73.8 Å². The number of nitrogens with one attached hydrogen (secondary N) is 2. The number of fused-ring (bicyclic) bond motifs is 1. The molecule has 162 valence electrons. The number of aliphatic hydroxyl groups excluding tert-OH is 1. The van der Waals surface area contributed by atoms with E-state index in [2.05, 4.69) is 33.6 Å². The molecule has 0 aliphatic heterocycles. The average Bonchev–Trinajstić information content (AvgIpc) is 3.08. The van der Waals surface area contributed by atoms with Crippen molar-refractivity contribution in [2.24, 2.45) is 5.41 Å². The summed E-state index contributed by atoms with van der Waals surface area (Å²) in [6, 6.07) is 5.22. The van der Waals surface area contributed by atoms with Gasteiger partial charge in [0.2, 0.25) is 5.95 Å². The fraction of sp³-hybridized carbons (Fsp3) is 0.429. The van der Waals surface area contributed by atoms with E-state index in [1.54, 1.807) is 12.3 Å². The molecule has 0 amide bonds. The highest BCUT2D eigenvalue weighted by molar-refractivity contribution is 7.64. The van der Waals surface area contributed by atoms with Crippen LogP contribution >= 0.6 is 7.92 Å². The van der Waals surface area contributed by atoms with Gasteiger partial charge in [-0.15, -0.1) is 0 Å². The number of nitrogens with zero attached hydrogens (tertiary/aromatic N) is 2. The van der Waals surface area contributed by atoms with E-state index in [1.165, 1.54) is 0 Å². The van der Waals surface area contributed by atoms with Gasteiger partial charge in [0.15, 0.2) is 0 Å². The minimum atomic E-state index is -4.60. The SMILES string of the molecule is CP(C)c1cccc2c(-c3nc(NC(CO)C(C)(C)C)ncc3C(F)(F)F)c[nH]c12. The van der Waals surface area contributed by atoms with Gasteiger partial charge in [0.05, 0.1) is 23.9 Å². The summed E-state index contributed by atoms with van der Waals surface area (Å²) in [6.45, 7) is 9.75. The summed E-state index contributed by atoms with van der Waals surface area (Å²) in [6.07, 6.45) is -2.23. The van der Waals surface area contributed by atoms with Crippen LogP contribution in [0.3, 0.4) is 0 Å². The number of halogens is 3. The van der Waals surface area contributed by atoms with E-state index in [0.29, 0.717) is 10.9 Å². The maximum atomic E-state index is 13.8. The highest BCUT2D eigenvalue weighted by Gasteiger charge is 2.36. The van der Waals surface area contributed by atoms with Gasteiger partial charge in [-0.1, -0.05) is 46.9 Å². The van der Waals surface area contributed by atoms with Crippen LogP contribution < -0.4 is 10.6 Å².